The molecule has 2 aromatic rings. The number of likely N-dealkylation sites (tertiary alicyclic amines) is 1. The van der Waals surface area contributed by atoms with Gasteiger partial charge in [-0.3, -0.25) is 19.3 Å². The predicted octanol–water partition coefficient (Wildman–Crippen LogP) is 1.13. The summed E-state index contributed by atoms with van der Waals surface area (Å²) in [7, 11) is 0. The van der Waals surface area contributed by atoms with Gasteiger partial charge < -0.3 is 9.88 Å². The molecule has 26 heavy (non-hydrogen) atoms. The Balaban J connectivity index is 1.42. The van der Waals surface area contributed by atoms with E-state index in [2.05, 4.69) is 27.0 Å². The molecule has 0 radical (unpaired) electrons. The van der Waals surface area contributed by atoms with Crippen LogP contribution in [0.3, 0.4) is 0 Å². The van der Waals surface area contributed by atoms with Gasteiger partial charge in [-0.25, -0.2) is 4.98 Å². The molecule has 1 aromatic carbocycles. The number of imide groups is 1. The molecule has 0 bridgehead atoms. The van der Waals surface area contributed by atoms with Crippen molar-refractivity contribution in [2.75, 3.05) is 13.1 Å². The van der Waals surface area contributed by atoms with Crippen molar-refractivity contribution >= 4 is 17.7 Å². The monoisotopic (exact) mass is 354 g/mol. The SMILES string of the molecule is O=C(CCN1C(=O)CCC1=O)NCCc1nccn1Cc1ccccc1. The van der Waals surface area contributed by atoms with Crippen molar-refractivity contribution in [3.05, 3.63) is 54.1 Å². The summed E-state index contributed by atoms with van der Waals surface area (Å²) in [6, 6.07) is 10.1. The molecule has 0 unspecified atom stereocenters. The van der Waals surface area contributed by atoms with E-state index < -0.39 is 0 Å². The lowest BCUT2D eigenvalue weighted by molar-refractivity contribution is -0.138. The molecule has 7 heteroatoms. The van der Waals surface area contributed by atoms with Crippen LogP contribution in [0.2, 0.25) is 0 Å². The first-order valence-electron chi connectivity index (χ1n) is 8.77. The molecule has 0 spiro atoms. The van der Waals surface area contributed by atoms with Crippen LogP contribution in [-0.4, -0.2) is 45.3 Å². The van der Waals surface area contributed by atoms with Crippen LogP contribution < -0.4 is 5.32 Å². The molecule has 0 saturated carbocycles. The number of rotatable bonds is 8. The van der Waals surface area contributed by atoms with E-state index in [1.165, 1.54) is 10.5 Å². The van der Waals surface area contributed by atoms with Gasteiger partial charge in [0, 0.05) is 57.7 Å². The third-order valence-electron chi connectivity index (χ3n) is 4.39. The van der Waals surface area contributed by atoms with Gasteiger partial charge in [0.05, 0.1) is 0 Å². The van der Waals surface area contributed by atoms with Gasteiger partial charge in [0.25, 0.3) is 0 Å². The lowest BCUT2D eigenvalue weighted by Gasteiger charge is -2.13. The number of hydrogen-bond donors (Lipinski definition) is 1. The van der Waals surface area contributed by atoms with Crippen molar-refractivity contribution in [3.63, 3.8) is 0 Å². The van der Waals surface area contributed by atoms with Crippen LogP contribution in [-0.2, 0) is 27.3 Å². The van der Waals surface area contributed by atoms with E-state index in [1.807, 2.05) is 24.4 Å². The van der Waals surface area contributed by atoms with Gasteiger partial charge in [0.2, 0.25) is 17.7 Å². The number of carbonyl (C=O) groups excluding carboxylic acids is 3. The second-order valence-electron chi connectivity index (χ2n) is 6.25. The summed E-state index contributed by atoms with van der Waals surface area (Å²) in [6.07, 6.45) is 4.94. The maximum Gasteiger partial charge on any atom is 0.229 e. The molecule has 2 heterocycles. The number of benzene rings is 1. The third kappa shape index (κ3) is 4.56. The van der Waals surface area contributed by atoms with E-state index >= 15 is 0 Å². The summed E-state index contributed by atoms with van der Waals surface area (Å²) in [5, 5.41) is 2.82. The molecule has 0 aliphatic carbocycles. The highest BCUT2D eigenvalue weighted by molar-refractivity contribution is 6.02. The highest BCUT2D eigenvalue weighted by atomic mass is 16.2. The van der Waals surface area contributed by atoms with E-state index in [9.17, 15) is 14.4 Å². The smallest absolute Gasteiger partial charge is 0.229 e. The summed E-state index contributed by atoms with van der Waals surface area (Å²) in [5.74, 6) is 0.356. The summed E-state index contributed by atoms with van der Waals surface area (Å²) in [5.41, 5.74) is 1.19. The van der Waals surface area contributed by atoms with Crippen molar-refractivity contribution in [1.82, 2.24) is 19.8 Å². The third-order valence-corrected chi connectivity index (χ3v) is 4.39. The molecule has 1 N–H and O–H groups in total. The van der Waals surface area contributed by atoms with Gasteiger partial charge >= 0.3 is 0 Å². The lowest BCUT2D eigenvalue weighted by Crippen LogP contribution is -2.34. The summed E-state index contributed by atoms with van der Waals surface area (Å²) in [4.78, 5) is 40.5. The van der Waals surface area contributed by atoms with Gasteiger partial charge in [0.1, 0.15) is 5.82 Å². The number of amides is 3. The van der Waals surface area contributed by atoms with Crippen LogP contribution in [0.25, 0.3) is 0 Å². The molecule has 3 amide bonds. The molecule has 0 atom stereocenters. The van der Waals surface area contributed by atoms with Gasteiger partial charge in [0.15, 0.2) is 0 Å². The molecule has 1 aliphatic rings. The average molecular weight is 354 g/mol. The predicted molar refractivity (Wildman–Crippen MR) is 95.1 cm³/mol. The minimum atomic E-state index is -0.189. The summed E-state index contributed by atoms with van der Waals surface area (Å²) >= 11 is 0. The highest BCUT2D eigenvalue weighted by Crippen LogP contribution is 2.11. The first-order valence-corrected chi connectivity index (χ1v) is 8.77. The minimum absolute atomic E-state index is 0.135. The number of imidazole rings is 1. The van der Waals surface area contributed by atoms with Gasteiger partial charge in [-0.15, -0.1) is 0 Å². The molecule has 1 saturated heterocycles. The number of aromatic nitrogens is 2. The Morgan fingerprint density at radius 2 is 1.85 bits per heavy atom. The molecular weight excluding hydrogens is 332 g/mol. The average Bonchev–Trinajstić information content (AvgIpc) is 3.21. The molecule has 1 aliphatic heterocycles. The van der Waals surface area contributed by atoms with Crippen molar-refractivity contribution in [1.29, 1.82) is 0 Å². The zero-order valence-electron chi connectivity index (χ0n) is 14.6. The fraction of sp³-hybridized carbons (Fsp3) is 0.368. The molecule has 3 rings (SSSR count). The Morgan fingerprint density at radius 3 is 2.58 bits per heavy atom. The fourth-order valence-corrected chi connectivity index (χ4v) is 2.98. The summed E-state index contributed by atoms with van der Waals surface area (Å²) < 4.78 is 2.06. The Morgan fingerprint density at radius 1 is 1.12 bits per heavy atom. The van der Waals surface area contributed by atoms with Crippen LogP contribution in [0.4, 0.5) is 0 Å². The molecule has 136 valence electrons. The Labute approximate surface area is 152 Å². The normalized spacial score (nSPS) is 14.1. The fourth-order valence-electron chi connectivity index (χ4n) is 2.98. The second kappa shape index (κ2) is 8.42. The Hall–Kier alpha value is -2.96. The maximum atomic E-state index is 11.9. The van der Waals surface area contributed by atoms with E-state index in [0.29, 0.717) is 13.0 Å². The number of nitrogens with zero attached hydrogens (tertiary/aromatic N) is 3. The van der Waals surface area contributed by atoms with Crippen LogP contribution in [0.5, 0.6) is 0 Å². The van der Waals surface area contributed by atoms with Gasteiger partial charge in [-0.05, 0) is 5.56 Å². The molecule has 1 fully saturated rings. The van der Waals surface area contributed by atoms with Crippen LogP contribution in [0.15, 0.2) is 42.7 Å². The van der Waals surface area contributed by atoms with E-state index in [0.717, 1.165) is 12.4 Å². The van der Waals surface area contributed by atoms with E-state index in [-0.39, 0.29) is 43.5 Å². The van der Waals surface area contributed by atoms with Crippen LogP contribution in [0, 0.1) is 0 Å². The largest absolute Gasteiger partial charge is 0.356 e. The van der Waals surface area contributed by atoms with Crippen LogP contribution >= 0.6 is 0 Å². The van der Waals surface area contributed by atoms with E-state index in [4.69, 9.17) is 0 Å². The maximum absolute atomic E-state index is 11.9. The van der Waals surface area contributed by atoms with Crippen molar-refractivity contribution in [2.24, 2.45) is 0 Å². The standard InChI is InChI=1S/C19H22N4O3/c24-17(9-12-23-18(25)6-7-19(23)26)21-10-8-16-20-11-13-22(16)14-15-4-2-1-3-5-15/h1-5,11,13H,6-10,12,14H2,(H,21,24). The molecular formula is C19H22N4O3. The zero-order valence-corrected chi connectivity index (χ0v) is 14.6. The quantitative estimate of drug-likeness (QED) is 0.720. The number of hydrogen-bond acceptors (Lipinski definition) is 4. The van der Waals surface area contributed by atoms with Crippen LogP contribution in [0.1, 0.15) is 30.7 Å². The first-order chi connectivity index (χ1) is 12.6. The van der Waals surface area contributed by atoms with Crippen molar-refractivity contribution in [3.8, 4) is 0 Å². The summed E-state index contributed by atoms with van der Waals surface area (Å²) in [6.45, 7) is 1.36. The second-order valence-corrected chi connectivity index (χ2v) is 6.25. The molecule has 7 nitrogen and oxygen atoms in total. The topological polar surface area (TPSA) is 84.3 Å². The lowest BCUT2D eigenvalue weighted by atomic mass is 10.2. The zero-order chi connectivity index (χ0) is 18.4. The molecule has 1 aromatic heterocycles. The van der Waals surface area contributed by atoms with Crippen molar-refractivity contribution < 1.29 is 14.4 Å². The minimum Gasteiger partial charge on any atom is -0.356 e. The Bertz CT molecular complexity index is 769. The Kier molecular flexibility index (Phi) is 5.78. The van der Waals surface area contributed by atoms with E-state index in [1.54, 1.807) is 6.20 Å². The van der Waals surface area contributed by atoms with Crippen molar-refractivity contribution in [2.45, 2.75) is 32.2 Å². The van der Waals surface area contributed by atoms with Gasteiger partial charge in [-0.1, -0.05) is 30.3 Å². The first kappa shape index (κ1) is 17.8. The van der Waals surface area contributed by atoms with Gasteiger partial charge in [-0.2, -0.15) is 0 Å². The number of carbonyl (C=O) groups is 3. The number of nitrogens with one attached hydrogen (secondary N) is 1. The highest BCUT2D eigenvalue weighted by Gasteiger charge is 2.28.